The third-order valence-electron chi connectivity index (χ3n) is 3.75. The summed E-state index contributed by atoms with van der Waals surface area (Å²) in [4.78, 5) is 18.1. The van der Waals surface area contributed by atoms with E-state index in [9.17, 15) is 4.79 Å². The van der Waals surface area contributed by atoms with Crippen molar-refractivity contribution in [2.24, 2.45) is 16.6 Å². The van der Waals surface area contributed by atoms with E-state index in [-0.39, 0.29) is 5.97 Å². The standard InChI is InChI=1S/C16H23N3O2/c1-12-5-4-8-19(11-12)16(17)18-10-13-6-3-7-14(9-13)15(20)21-2/h3,6-7,9,12H,4-5,8,10-11H2,1-2H3,(H2,17,18). The SMILES string of the molecule is COC(=O)c1cccc(CN=C(N)N2CCCC(C)C2)c1. The summed E-state index contributed by atoms with van der Waals surface area (Å²) in [5.41, 5.74) is 7.55. The second-order valence-corrected chi connectivity index (χ2v) is 5.56. The number of piperidine rings is 1. The number of carbonyl (C=O) groups excluding carboxylic acids is 1. The Morgan fingerprint density at radius 3 is 3.05 bits per heavy atom. The summed E-state index contributed by atoms with van der Waals surface area (Å²) in [6.45, 7) is 4.65. The number of methoxy groups -OCH3 is 1. The molecular formula is C16H23N3O2. The maximum absolute atomic E-state index is 11.5. The van der Waals surface area contributed by atoms with Gasteiger partial charge in [0.15, 0.2) is 5.96 Å². The smallest absolute Gasteiger partial charge is 0.337 e. The molecule has 0 bridgehead atoms. The van der Waals surface area contributed by atoms with Crippen LogP contribution in [0.15, 0.2) is 29.3 Å². The van der Waals surface area contributed by atoms with Crippen LogP contribution in [-0.2, 0) is 11.3 Å². The van der Waals surface area contributed by atoms with Crippen LogP contribution in [0.3, 0.4) is 0 Å². The van der Waals surface area contributed by atoms with Gasteiger partial charge in [0.1, 0.15) is 0 Å². The molecule has 1 atom stereocenters. The van der Waals surface area contributed by atoms with E-state index in [1.54, 1.807) is 12.1 Å². The summed E-state index contributed by atoms with van der Waals surface area (Å²) in [6, 6.07) is 7.29. The predicted octanol–water partition coefficient (Wildman–Crippen LogP) is 2.02. The number of hydrogen-bond donors (Lipinski definition) is 1. The first kappa shape index (κ1) is 15.4. The normalized spacial score (nSPS) is 19.4. The van der Waals surface area contributed by atoms with Crippen molar-refractivity contribution in [2.75, 3.05) is 20.2 Å². The Bertz CT molecular complexity index is 528. The molecule has 0 saturated carbocycles. The number of rotatable bonds is 3. The van der Waals surface area contributed by atoms with Crippen LogP contribution in [0.25, 0.3) is 0 Å². The molecule has 1 unspecified atom stereocenters. The van der Waals surface area contributed by atoms with Gasteiger partial charge in [0.25, 0.3) is 0 Å². The molecule has 21 heavy (non-hydrogen) atoms. The van der Waals surface area contributed by atoms with Crippen molar-refractivity contribution in [3.63, 3.8) is 0 Å². The molecule has 0 amide bonds. The maximum Gasteiger partial charge on any atom is 0.337 e. The largest absolute Gasteiger partial charge is 0.465 e. The van der Waals surface area contributed by atoms with Crippen molar-refractivity contribution in [3.05, 3.63) is 35.4 Å². The molecule has 1 aliphatic rings. The molecule has 2 N–H and O–H groups in total. The van der Waals surface area contributed by atoms with Crippen molar-refractivity contribution in [3.8, 4) is 0 Å². The highest BCUT2D eigenvalue weighted by Gasteiger charge is 2.17. The van der Waals surface area contributed by atoms with Crippen molar-refractivity contribution in [1.82, 2.24) is 4.90 Å². The summed E-state index contributed by atoms with van der Waals surface area (Å²) < 4.78 is 4.72. The molecule has 1 fully saturated rings. The van der Waals surface area contributed by atoms with E-state index in [0.29, 0.717) is 24.0 Å². The Balaban J connectivity index is 2.01. The number of benzene rings is 1. The van der Waals surface area contributed by atoms with Crippen LogP contribution in [-0.4, -0.2) is 37.0 Å². The van der Waals surface area contributed by atoms with Crippen LogP contribution in [0.5, 0.6) is 0 Å². The number of carbonyl (C=O) groups is 1. The zero-order chi connectivity index (χ0) is 15.2. The number of likely N-dealkylation sites (tertiary alicyclic amines) is 1. The first-order valence-corrected chi connectivity index (χ1v) is 7.32. The van der Waals surface area contributed by atoms with Gasteiger partial charge in [-0.1, -0.05) is 19.1 Å². The molecule has 1 aromatic rings. The molecule has 114 valence electrons. The van der Waals surface area contributed by atoms with E-state index in [1.165, 1.54) is 13.5 Å². The molecule has 2 rings (SSSR count). The molecule has 1 aliphatic heterocycles. The third-order valence-corrected chi connectivity index (χ3v) is 3.75. The van der Waals surface area contributed by atoms with Crippen molar-refractivity contribution >= 4 is 11.9 Å². The van der Waals surface area contributed by atoms with E-state index >= 15 is 0 Å². The number of guanidine groups is 1. The molecule has 5 heteroatoms. The van der Waals surface area contributed by atoms with E-state index in [2.05, 4.69) is 16.8 Å². The summed E-state index contributed by atoms with van der Waals surface area (Å²) in [5, 5.41) is 0. The van der Waals surface area contributed by atoms with Gasteiger partial charge < -0.3 is 15.4 Å². The second kappa shape index (κ2) is 7.11. The minimum atomic E-state index is -0.335. The van der Waals surface area contributed by atoms with Crippen molar-refractivity contribution in [2.45, 2.75) is 26.3 Å². The second-order valence-electron chi connectivity index (χ2n) is 5.56. The number of nitrogens with zero attached hydrogens (tertiary/aromatic N) is 2. The number of aliphatic imine (C=N–C) groups is 1. The molecule has 1 heterocycles. The van der Waals surface area contributed by atoms with Crippen LogP contribution in [0.1, 0.15) is 35.7 Å². The van der Waals surface area contributed by atoms with E-state index in [0.717, 1.165) is 25.1 Å². The third kappa shape index (κ3) is 4.21. The van der Waals surface area contributed by atoms with Gasteiger partial charge in [-0.2, -0.15) is 0 Å². The highest BCUT2D eigenvalue weighted by atomic mass is 16.5. The summed E-state index contributed by atoms with van der Waals surface area (Å²) in [5.74, 6) is 0.916. The van der Waals surface area contributed by atoms with Crippen molar-refractivity contribution < 1.29 is 9.53 Å². The highest BCUT2D eigenvalue weighted by Crippen LogP contribution is 2.15. The van der Waals surface area contributed by atoms with Gasteiger partial charge >= 0.3 is 5.97 Å². The number of ether oxygens (including phenoxy) is 1. The lowest BCUT2D eigenvalue weighted by Crippen LogP contribution is -2.43. The van der Waals surface area contributed by atoms with Crippen LogP contribution >= 0.6 is 0 Å². The first-order chi connectivity index (χ1) is 10.1. The topological polar surface area (TPSA) is 67.9 Å². The summed E-state index contributed by atoms with van der Waals surface area (Å²) in [6.07, 6.45) is 2.42. The minimum absolute atomic E-state index is 0.335. The first-order valence-electron chi connectivity index (χ1n) is 7.32. The predicted molar refractivity (Wildman–Crippen MR) is 83.1 cm³/mol. The van der Waals surface area contributed by atoms with Gasteiger partial charge in [-0.15, -0.1) is 0 Å². The lowest BCUT2D eigenvalue weighted by molar-refractivity contribution is 0.0600. The summed E-state index contributed by atoms with van der Waals surface area (Å²) in [7, 11) is 1.38. The molecule has 0 aromatic heterocycles. The van der Waals surface area contributed by atoms with Gasteiger partial charge in [0.2, 0.25) is 0 Å². The zero-order valence-corrected chi connectivity index (χ0v) is 12.7. The van der Waals surface area contributed by atoms with Crippen LogP contribution in [0.2, 0.25) is 0 Å². The molecule has 1 aromatic carbocycles. The molecule has 1 saturated heterocycles. The van der Waals surface area contributed by atoms with Crippen LogP contribution < -0.4 is 5.73 Å². The van der Waals surface area contributed by atoms with Crippen LogP contribution in [0.4, 0.5) is 0 Å². The molecule has 0 spiro atoms. The Labute approximate surface area is 125 Å². The summed E-state index contributed by atoms with van der Waals surface area (Å²) >= 11 is 0. The molecule has 0 aliphatic carbocycles. The Morgan fingerprint density at radius 2 is 2.33 bits per heavy atom. The fourth-order valence-electron chi connectivity index (χ4n) is 2.58. The lowest BCUT2D eigenvalue weighted by Gasteiger charge is -2.31. The Kier molecular flexibility index (Phi) is 5.20. The molecular weight excluding hydrogens is 266 g/mol. The highest BCUT2D eigenvalue weighted by molar-refractivity contribution is 5.89. The minimum Gasteiger partial charge on any atom is -0.465 e. The van der Waals surface area contributed by atoms with Gasteiger partial charge in [-0.25, -0.2) is 9.79 Å². The van der Waals surface area contributed by atoms with E-state index in [4.69, 9.17) is 10.5 Å². The quantitative estimate of drug-likeness (QED) is 0.525. The average Bonchev–Trinajstić information content (AvgIpc) is 2.52. The number of nitrogens with two attached hydrogens (primary N) is 1. The number of esters is 1. The van der Waals surface area contributed by atoms with E-state index in [1.807, 2.05) is 12.1 Å². The molecule has 5 nitrogen and oxygen atoms in total. The molecule has 0 radical (unpaired) electrons. The number of hydrogen-bond acceptors (Lipinski definition) is 3. The maximum atomic E-state index is 11.5. The van der Waals surface area contributed by atoms with Gasteiger partial charge in [-0.3, -0.25) is 0 Å². The van der Waals surface area contributed by atoms with Gasteiger partial charge in [0, 0.05) is 13.1 Å². The monoisotopic (exact) mass is 289 g/mol. The van der Waals surface area contributed by atoms with Crippen LogP contribution in [0, 0.1) is 5.92 Å². The van der Waals surface area contributed by atoms with Crippen molar-refractivity contribution in [1.29, 1.82) is 0 Å². The Hall–Kier alpha value is -2.04. The van der Waals surface area contributed by atoms with Gasteiger partial charge in [-0.05, 0) is 36.5 Å². The average molecular weight is 289 g/mol. The Morgan fingerprint density at radius 1 is 1.52 bits per heavy atom. The lowest BCUT2D eigenvalue weighted by atomic mass is 10.0. The fraction of sp³-hybridized carbons (Fsp3) is 0.500. The van der Waals surface area contributed by atoms with E-state index < -0.39 is 0 Å². The zero-order valence-electron chi connectivity index (χ0n) is 12.7. The van der Waals surface area contributed by atoms with Gasteiger partial charge in [0.05, 0.1) is 19.2 Å². The fourth-order valence-corrected chi connectivity index (χ4v) is 2.58.